The summed E-state index contributed by atoms with van der Waals surface area (Å²) in [6.07, 6.45) is 0. The Bertz CT molecular complexity index is 1410. The van der Waals surface area contributed by atoms with Crippen molar-refractivity contribution in [3.63, 3.8) is 0 Å². The molecule has 4 heteroatoms. The van der Waals surface area contributed by atoms with E-state index in [0.29, 0.717) is 5.69 Å². The van der Waals surface area contributed by atoms with Gasteiger partial charge in [-0.3, -0.25) is 9.59 Å². The highest BCUT2D eigenvalue weighted by Crippen LogP contribution is 2.29. The summed E-state index contributed by atoms with van der Waals surface area (Å²) in [5.41, 5.74) is 7.73. The van der Waals surface area contributed by atoms with Gasteiger partial charge in [-0.15, -0.1) is 0 Å². The summed E-state index contributed by atoms with van der Waals surface area (Å²) in [4.78, 5) is 27.0. The minimum atomic E-state index is -0.407. The first-order valence-electron chi connectivity index (χ1n) is 11.0. The van der Waals surface area contributed by atoms with E-state index >= 15 is 0 Å². The molecule has 1 heterocycles. The fourth-order valence-electron chi connectivity index (χ4n) is 4.30. The Kier molecular flexibility index (Phi) is 6.01. The Morgan fingerprint density at radius 2 is 1.36 bits per heavy atom. The molecule has 0 unspecified atom stereocenters. The molecule has 0 saturated carbocycles. The molecule has 1 amide bonds. The maximum Gasteiger partial charge on any atom is 0.261 e. The number of anilines is 1. The van der Waals surface area contributed by atoms with E-state index in [1.165, 1.54) is 0 Å². The summed E-state index contributed by atoms with van der Waals surface area (Å²) in [7, 11) is 0. The Morgan fingerprint density at radius 1 is 0.758 bits per heavy atom. The highest BCUT2D eigenvalue weighted by Gasteiger charge is 2.23. The highest BCUT2D eigenvalue weighted by atomic mass is 16.2. The smallest absolute Gasteiger partial charge is 0.261 e. The van der Waals surface area contributed by atoms with E-state index < -0.39 is 5.91 Å². The molecule has 0 aliphatic heterocycles. The number of aryl methyl sites for hydroxylation is 5. The van der Waals surface area contributed by atoms with E-state index in [1.807, 2.05) is 99.8 Å². The molecule has 0 aliphatic rings. The Labute approximate surface area is 194 Å². The van der Waals surface area contributed by atoms with Crippen molar-refractivity contribution >= 4 is 11.6 Å². The van der Waals surface area contributed by atoms with Gasteiger partial charge in [-0.05, 0) is 75.1 Å². The maximum atomic E-state index is 13.7. The fraction of sp³-hybridized carbons (Fsp3) is 0.172. The second-order valence-electron chi connectivity index (χ2n) is 8.64. The van der Waals surface area contributed by atoms with Crippen LogP contribution >= 0.6 is 0 Å². The quantitative estimate of drug-likeness (QED) is 0.408. The van der Waals surface area contributed by atoms with Crippen LogP contribution in [0.3, 0.4) is 0 Å². The van der Waals surface area contributed by atoms with Gasteiger partial charge in [0.25, 0.3) is 5.91 Å². The molecule has 0 saturated heterocycles. The lowest BCUT2D eigenvalue weighted by atomic mass is 10.00. The summed E-state index contributed by atoms with van der Waals surface area (Å²) in [6.45, 7) is 9.83. The van der Waals surface area contributed by atoms with Gasteiger partial charge in [0.1, 0.15) is 5.56 Å². The SMILES string of the molecule is Cc1cccc(-c2c(C(=O)Nc3c(C)cccc3C)c(=O)cc(C)n2-c2cccc(C)c2)c1. The van der Waals surface area contributed by atoms with Crippen LogP contribution in [-0.4, -0.2) is 10.5 Å². The zero-order chi connectivity index (χ0) is 23.7. The van der Waals surface area contributed by atoms with Gasteiger partial charge in [0, 0.05) is 23.1 Å². The number of para-hydroxylation sites is 1. The van der Waals surface area contributed by atoms with Gasteiger partial charge in [0.15, 0.2) is 5.43 Å². The van der Waals surface area contributed by atoms with E-state index in [1.54, 1.807) is 6.07 Å². The van der Waals surface area contributed by atoms with Crippen molar-refractivity contribution in [2.45, 2.75) is 34.6 Å². The van der Waals surface area contributed by atoms with Crippen LogP contribution in [0.4, 0.5) is 5.69 Å². The molecule has 1 N–H and O–H groups in total. The van der Waals surface area contributed by atoms with Crippen LogP contribution < -0.4 is 10.7 Å². The van der Waals surface area contributed by atoms with Crippen molar-refractivity contribution in [3.05, 3.63) is 117 Å². The molecule has 4 rings (SSSR count). The van der Waals surface area contributed by atoms with E-state index in [4.69, 9.17) is 0 Å². The lowest BCUT2D eigenvalue weighted by Crippen LogP contribution is -2.26. The second kappa shape index (κ2) is 8.91. The molecule has 4 nitrogen and oxygen atoms in total. The van der Waals surface area contributed by atoms with Gasteiger partial charge in [-0.25, -0.2) is 0 Å². The summed E-state index contributed by atoms with van der Waals surface area (Å²) >= 11 is 0. The minimum absolute atomic E-state index is 0.135. The predicted octanol–water partition coefficient (Wildman–Crippen LogP) is 6.30. The fourth-order valence-corrected chi connectivity index (χ4v) is 4.30. The number of nitrogens with one attached hydrogen (secondary N) is 1. The second-order valence-corrected chi connectivity index (χ2v) is 8.64. The first-order chi connectivity index (χ1) is 15.8. The van der Waals surface area contributed by atoms with Gasteiger partial charge >= 0.3 is 0 Å². The zero-order valence-electron chi connectivity index (χ0n) is 19.7. The van der Waals surface area contributed by atoms with Gasteiger partial charge in [-0.1, -0.05) is 54.1 Å². The van der Waals surface area contributed by atoms with Crippen molar-refractivity contribution in [1.29, 1.82) is 0 Å². The third kappa shape index (κ3) is 4.37. The number of carbonyl (C=O) groups is 1. The molecule has 4 aromatic rings. The first-order valence-corrected chi connectivity index (χ1v) is 11.0. The van der Waals surface area contributed by atoms with Crippen LogP contribution in [0.1, 0.15) is 38.3 Å². The molecule has 1 aromatic heterocycles. The monoisotopic (exact) mass is 436 g/mol. The number of pyridine rings is 1. The molecular weight excluding hydrogens is 408 g/mol. The van der Waals surface area contributed by atoms with Gasteiger partial charge in [0.2, 0.25) is 0 Å². The number of benzene rings is 3. The number of hydrogen-bond acceptors (Lipinski definition) is 2. The molecule has 3 aromatic carbocycles. The molecule has 33 heavy (non-hydrogen) atoms. The largest absolute Gasteiger partial charge is 0.321 e. The first kappa shape index (κ1) is 22.3. The minimum Gasteiger partial charge on any atom is -0.321 e. The number of hydrogen-bond donors (Lipinski definition) is 1. The van der Waals surface area contributed by atoms with E-state index in [9.17, 15) is 9.59 Å². The number of amides is 1. The molecule has 0 fully saturated rings. The lowest BCUT2D eigenvalue weighted by Gasteiger charge is -2.21. The average molecular weight is 437 g/mol. The van der Waals surface area contributed by atoms with Crippen LogP contribution in [0.25, 0.3) is 16.9 Å². The van der Waals surface area contributed by atoms with Crippen molar-refractivity contribution in [1.82, 2.24) is 4.57 Å². The summed E-state index contributed by atoms with van der Waals surface area (Å²) < 4.78 is 2.00. The predicted molar refractivity (Wildman–Crippen MR) is 136 cm³/mol. The highest BCUT2D eigenvalue weighted by molar-refractivity contribution is 6.09. The standard InChI is InChI=1S/C29H28N2O2/c1-18-9-6-13-23(15-18)28-26(29(33)30-27-20(3)11-8-12-21(27)4)25(32)17-22(5)31(28)24-14-7-10-19(2)16-24/h6-17H,1-5H3,(H,30,33). The van der Waals surface area contributed by atoms with Crippen LogP contribution in [0.5, 0.6) is 0 Å². The van der Waals surface area contributed by atoms with E-state index in [-0.39, 0.29) is 11.0 Å². The summed E-state index contributed by atoms with van der Waals surface area (Å²) in [5.74, 6) is -0.407. The number of aromatic nitrogens is 1. The Morgan fingerprint density at radius 3 is 2.00 bits per heavy atom. The number of carbonyl (C=O) groups excluding carboxylic acids is 1. The van der Waals surface area contributed by atoms with Crippen LogP contribution in [0, 0.1) is 34.6 Å². The Balaban J connectivity index is 2.02. The average Bonchev–Trinajstić information content (AvgIpc) is 2.75. The van der Waals surface area contributed by atoms with Crippen LogP contribution in [-0.2, 0) is 0 Å². The van der Waals surface area contributed by atoms with Gasteiger partial charge < -0.3 is 9.88 Å². The van der Waals surface area contributed by atoms with Crippen molar-refractivity contribution in [3.8, 4) is 16.9 Å². The number of nitrogens with zero attached hydrogens (tertiary/aromatic N) is 1. The zero-order valence-corrected chi connectivity index (χ0v) is 19.7. The molecular formula is C29H28N2O2. The van der Waals surface area contributed by atoms with Crippen LogP contribution in [0.2, 0.25) is 0 Å². The van der Waals surface area contributed by atoms with E-state index in [0.717, 1.165) is 44.9 Å². The summed E-state index contributed by atoms with van der Waals surface area (Å²) in [5, 5.41) is 3.02. The molecule has 0 bridgehead atoms. The maximum absolute atomic E-state index is 13.7. The van der Waals surface area contributed by atoms with Crippen molar-refractivity contribution < 1.29 is 4.79 Å². The van der Waals surface area contributed by atoms with Crippen molar-refractivity contribution in [2.24, 2.45) is 0 Å². The van der Waals surface area contributed by atoms with E-state index in [2.05, 4.69) is 11.4 Å². The number of rotatable bonds is 4. The molecule has 0 radical (unpaired) electrons. The van der Waals surface area contributed by atoms with Gasteiger partial charge in [0.05, 0.1) is 5.69 Å². The molecule has 0 spiro atoms. The Hall–Kier alpha value is -3.92. The molecule has 0 atom stereocenters. The molecule has 166 valence electrons. The summed E-state index contributed by atoms with van der Waals surface area (Å²) in [6, 6.07) is 23.4. The molecule has 0 aliphatic carbocycles. The topological polar surface area (TPSA) is 51.1 Å². The third-order valence-corrected chi connectivity index (χ3v) is 5.90. The normalized spacial score (nSPS) is 10.8. The third-order valence-electron chi connectivity index (χ3n) is 5.90. The van der Waals surface area contributed by atoms with Gasteiger partial charge in [-0.2, -0.15) is 0 Å². The van der Waals surface area contributed by atoms with Crippen LogP contribution in [0.15, 0.2) is 77.6 Å². The van der Waals surface area contributed by atoms with Crippen molar-refractivity contribution in [2.75, 3.05) is 5.32 Å². The lowest BCUT2D eigenvalue weighted by molar-refractivity contribution is 0.102.